The average Bonchev–Trinajstić information content (AvgIpc) is 2.53. The van der Waals surface area contributed by atoms with E-state index in [2.05, 4.69) is 15.6 Å². The van der Waals surface area contributed by atoms with E-state index in [4.69, 9.17) is 0 Å². The number of amides is 2. The molecule has 5 heteroatoms. The van der Waals surface area contributed by atoms with Crippen LogP contribution in [0.3, 0.4) is 0 Å². The van der Waals surface area contributed by atoms with E-state index in [9.17, 15) is 9.59 Å². The number of nitrogens with zero attached hydrogens (tertiary/aromatic N) is 1. The predicted molar refractivity (Wildman–Crippen MR) is 94.5 cm³/mol. The summed E-state index contributed by atoms with van der Waals surface area (Å²) in [6, 6.07) is 12.5. The SMILES string of the molecule is Cc1ccnc(NC(=O)[C@@H](NC(=O)Cc2ccccc2)C(C)C)c1. The first kappa shape index (κ1) is 17.7. The number of pyridine rings is 1. The van der Waals surface area contributed by atoms with E-state index in [-0.39, 0.29) is 24.2 Å². The first-order valence-electron chi connectivity index (χ1n) is 8.02. The van der Waals surface area contributed by atoms with Crippen molar-refractivity contribution in [2.24, 2.45) is 5.92 Å². The lowest BCUT2D eigenvalue weighted by Crippen LogP contribution is -2.47. The van der Waals surface area contributed by atoms with Crippen molar-refractivity contribution in [2.75, 3.05) is 5.32 Å². The third-order valence-electron chi connectivity index (χ3n) is 3.64. The first-order valence-corrected chi connectivity index (χ1v) is 8.02. The molecule has 1 aromatic heterocycles. The molecule has 0 unspecified atom stereocenters. The summed E-state index contributed by atoms with van der Waals surface area (Å²) in [5.74, 6) is 0.0225. The number of anilines is 1. The van der Waals surface area contributed by atoms with E-state index >= 15 is 0 Å². The van der Waals surface area contributed by atoms with E-state index in [1.807, 2.05) is 57.2 Å². The summed E-state index contributed by atoms with van der Waals surface area (Å²) in [6.07, 6.45) is 1.89. The molecule has 1 atom stereocenters. The van der Waals surface area contributed by atoms with Gasteiger partial charge >= 0.3 is 0 Å². The molecular formula is C19H23N3O2. The largest absolute Gasteiger partial charge is 0.344 e. The highest BCUT2D eigenvalue weighted by atomic mass is 16.2. The fourth-order valence-electron chi connectivity index (χ4n) is 2.35. The summed E-state index contributed by atoms with van der Waals surface area (Å²) in [5.41, 5.74) is 1.92. The maximum absolute atomic E-state index is 12.5. The molecule has 126 valence electrons. The lowest BCUT2D eigenvalue weighted by Gasteiger charge is -2.21. The minimum Gasteiger partial charge on any atom is -0.344 e. The van der Waals surface area contributed by atoms with Crippen LogP contribution < -0.4 is 10.6 Å². The Morgan fingerprint density at radius 3 is 2.46 bits per heavy atom. The summed E-state index contributed by atoms with van der Waals surface area (Å²) in [6.45, 7) is 5.73. The second-order valence-corrected chi connectivity index (χ2v) is 6.16. The molecule has 0 aliphatic rings. The zero-order valence-electron chi connectivity index (χ0n) is 14.2. The molecule has 0 spiro atoms. The second kappa shape index (κ2) is 8.24. The Balaban J connectivity index is 2.00. The maximum atomic E-state index is 12.5. The number of rotatable bonds is 6. The minimum atomic E-state index is -0.608. The standard InChI is InChI=1S/C19H23N3O2/c1-13(2)18(19(24)21-16-11-14(3)9-10-20-16)22-17(23)12-15-7-5-4-6-8-15/h4-11,13,18H,12H2,1-3H3,(H,22,23)(H,20,21,24)/t18-/m0/s1. The summed E-state index contributed by atoms with van der Waals surface area (Å²) in [4.78, 5) is 28.8. The van der Waals surface area contributed by atoms with Crippen molar-refractivity contribution in [3.63, 3.8) is 0 Å². The summed E-state index contributed by atoms with van der Waals surface area (Å²) in [5, 5.41) is 5.59. The molecule has 5 nitrogen and oxygen atoms in total. The lowest BCUT2D eigenvalue weighted by molar-refractivity contribution is -0.127. The zero-order chi connectivity index (χ0) is 17.5. The molecule has 0 bridgehead atoms. The normalized spacial score (nSPS) is 11.8. The van der Waals surface area contributed by atoms with E-state index in [1.54, 1.807) is 12.3 Å². The van der Waals surface area contributed by atoms with Crippen LogP contribution in [0.1, 0.15) is 25.0 Å². The molecular weight excluding hydrogens is 302 g/mol. The molecule has 24 heavy (non-hydrogen) atoms. The third-order valence-corrected chi connectivity index (χ3v) is 3.64. The van der Waals surface area contributed by atoms with Crippen molar-refractivity contribution in [1.29, 1.82) is 0 Å². The predicted octanol–water partition coefficient (Wildman–Crippen LogP) is 2.71. The van der Waals surface area contributed by atoms with Crippen LogP contribution in [0, 0.1) is 12.8 Å². The Morgan fingerprint density at radius 2 is 1.83 bits per heavy atom. The van der Waals surface area contributed by atoms with Gasteiger partial charge in [-0.2, -0.15) is 0 Å². The van der Waals surface area contributed by atoms with Gasteiger partial charge in [-0.1, -0.05) is 44.2 Å². The van der Waals surface area contributed by atoms with Gasteiger partial charge in [-0.3, -0.25) is 9.59 Å². The number of benzene rings is 1. The van der Waals surface area contributed by atoms with Crippen LogP contribution in [-0.2, 0) is 16.0 Å². The Morgan fingerprint density at radius 1 is 1.12 bits per heavy atom. The van der Waals surface area contributed by atoms with E-state index < -0.39 is 6.04 Å². The molecule has 0 aliphatic carbocycles. The second-order valence-electron chi connectivity index (χ2n) is 6.16. The molecule has 2 amide bonds. The highest BCUT2D eigenvalue weighted by molar-refractivity contribution is 5.97. The Hall–Kier alpha value is -2.69. The van der Waals surface area contributed by atoms with Gasteiger partial charge in [-0.15, -0.1) is 0 Å². The third kappa shape index (κ3) is 5.19. The molecule has 2 rings (SSSR count). The number of aromatic nitrogens is 1. The fraction of sp³-hybridized carbons (Fsp3) is 0.316. The molecule has 0 saturated carbocycles. The molecule has 0 saturated heterocycles. The van der Waals surface area contributed by atoms with E-state index in [0.29, 0.717) is 5.82 Å². The van der Waals surface area contributed by atoms with Gasteiger partial charge in [0.2, 0.25) is 11.8 Å². The Labute approximate surface area is 142 Å². The zero-order valence-corrected chi connectivity index (χ0v) is 14.2. The van der Waals surface area contributed by atoms with Crippen molar-refractivity contribution < 1.29 is 9.59 Å². The molecule has 0 radical (unpaired) electrons. The van der Waals surface area contributed by atoms with Crippen molar-refractivity contribution in [3.05, 3.63) is 59.8 Å². The van der Waals surface area contributed by atoms with Crippen LogP contribution in [0.4, 0.5) is 5.82 Å². The van der Waals surface area contributed by atoms with Crippen LogP contribution in [0.5, 0.6) is 0 Å². The van der Waals surface area contributed by atoms with Crippen molar-refractivity contribution >= 4 is 17.6 Å². The fourth-order valence-corrected chi connectivity index (χ4v) is 2.35. The Bertz CT molecular complexity index is 699. The molecule has 0 aliphatic heterocycles. The van der Waals surface area contributed by atoms with Gasteiger partial charge < -0.3 is 10.6 Å². The van der Waals surface area contributed by atoms with Crippen LogP contribution >= 0.6 is 0 Å². The summed E-state index contributed by atoms with van der Waals surface area (Å²) < 4.78 is 0. The van der Waals surface area contributed by atoms with Crippen molar-refractivity contribution in [2.45, 2.75) is 33.2 Å². The highest BCUT2D eigenvalue weighted by Gasteiger charge is 2.24. The lowest BCUT2D eigenvalue weighted by atomic mass is 10.0. The number of hydrogen-bond donors (Lipinski definition) is 2. The number of carbonyl (C=O) groups excluding carboxylic acids is 2. The number of hydrogen-bond acceptors (Lipinski definition) is 3. The topological polar surface area (TPSA) is 71.1 Å². The summed E-state index contributed by atoms with van der Waals surface area (Å²) in [7, 11) is 0. The first-order chi connectivity index (χ1) is 11.5. The van der Waals surface area contributed by atoms with Crippen molar-refractivity contribution in [1.82, 2.24) is 10.3 Å². The van der Waals surface area contributed by atoms with Gasteiger partial charge in [-0.05, 0) is 36.1 Å². The van der Waals surface area contributed by atoms with Crippen molar-refractivity contribution in [3.8, 4) is 0 Å². The van der Waals surface area contributed by atoms with Gasteiger partial charge in [0.05, 0.1) is 6.42 Å². The van der Waals surface area contributed by atoms with Crippen LogP contribution in [0.25, 0.3) is 0 Å². The highest BCUT2D eigenvalue weighted by Crippen LogP contribution is 2.09. The molecule has 1 aromatic carbocycles. The summed E-state index contributed by atoms with van der Waals surface area (Å²) >= 11 is 0. The minimum absolute atomic E-state index is 0.0328. The van der Waals surface area contributed by atoms with Gasteiger partial charge in [0.25, 0.3) is 0 Å². The smallest absolute Gasteiger partial charge is 0.248 e. The Kier molecular flexibility index (Phi) is 6.07. The van der Waals surface area contributed by atoms with Crippen LogP contribution in [0.15, 0.2) is 48.7 Å². The number of carbonyl (C=O) groups is 2. The van der Waals surface area contributed by atoms with Gasteiger partial charge in [-0.25, -0.2) is 4.98 Å². The molecule has 1 heterocycles. The molecule has 0 fully saturated rings. The monoisotopic (exact) mass is 325 g/mol. The maximum Gasteiger partial charge on any atom is 0.248 e. The number of aryl methyl sites for hydroxylation is 1. The van der Waals surface area contributed by atoms with Crippen LogP contribution in [0.2, 0.25) is 0 Å². The van der Waals surface area contributed by atoms with Gasteiger partial charge in [0.1, 0.15) is 11.9 Å². The molecule has 2 aromatic rings. The van der Waals surface area contributed by atoms with Crippen LogP contribution in [-0.4, -0.2) is 22.8 Å². The van der Waals surface area contributed by atoms with Gasteiger partial charge in [0, 0.05) is 6.20 Å². The quantitative estimate of drug-likeness (QED) is 0.858. The van der Waals surface area contributed by atoms with E-state index in [1.165, 1.54) is 0 Å². The average molecular weight is 325 g/mol. The molecule has 2 N–H and O–H groups in total. The van der Waals surface area contributed by atoms with E-state index in [0.717, 1.165) is 11.1 Å². The van der Waals surface area contributed by atoms with Gasteiger partial charge in [0.15, 0.2) is 0 Å². The number of nitrogens with one attached hydrogen (secondary N) is 2.